The quantitative estimate of drug-likeness (QED) is 0.480. The van der Waals surface area contributed by atoms with E-state index in [0.29, 0.717) is 11.5 Å². The molecule has 0 aromatic heterocycles. The Hall–Kier alpha value is -1.86. The third-order valence-corrected chi connectivity index (χ3v) is 2.78. The predicted octanol–water partition coefficient (Wildman–Crippen LogP) is 3.64. The molecular weight excluding hydrogens is 247 g/mol. The first kappa shape index (κ1) is 12.6. The van der Waals surface area contributed by atoms with Crippen LogP contribution in [-0.2, 0) is 6.16 Å². The molecule has 0 radical (unpaired) electrons. The van der Waals surface area contributed by atoms with Gasteiger partial charge >= 0.3 is 6.16 Å². The molecule has 0 saturated heterocycles. The first-order valence-electron chi connectivity index (χ1n) is 5.51. The molecule has 1 atom stereocenters. The van der Waals surface area contributed by atoms with E-state index in [-0.39, 0.29) is 0 Å². The van der Waals surface area contributed by atoms with Crippen LogP contribution in [0.15, 0.2) is 54.6 Å². The summed E-state index contributed by atoms with van der Waals surface area (Å²) in [6.45, 7) is 0. The minimum Gasteiger partial charge on any atom is -0.395 e. The Morgan fingerprint density at radius 3 is 2.00 bits per heavy atom. The minimum absolute atomic E-state index is 0.462. The molecule has 2 aromatic rings. The van der Waals surface area contributed by atoms with Gasteiger partial charge in [-0.3, -0.25) is 0 Å². The average Bonchev–Trinajstić information content (AvgIpc) is 2.40. The monoisotopic (exact) mass is 260 g/mol. The van der Waals surface area contributed by atoms with Gasteiger partial charge in [-0.2, -0.15) is 0 Å². The van der Waals surface area contributed by atoms with E-state index in [1.54, 1.807) is 36.4 Å². The van der Waals surface area contributed by atoms with Crippen LogP contribution < -0.4 is 9.47 Å². The van der Waals surface area contributed by atoms with Crippen molar-refractivity contribution in [3.05, 3.63) is 60.2 Å². The van der Waals surface area contributed by atoms with Gasteiger partial charge in [0.15, 0.2) is 0 Å². The number of para-hydroxylation sites is 1. The van der Waals surface area contributed by atoms with Crippen molar-refractivity contribution >= 4 is 15.4 Å². The maximum atomic E-state index is 11.5. The molecule has 2 rings (SSSR count). The molecule has 0 N–H and O–H groups in total. The van der Waals surface area contributed by atoms with E-state index in [1.165, 1.54) is 0 Å². The smallest absolute Gasteiger partial charge is 0.395 e. The lowest BCUT2D eigenvalue weighted by molar-refractivity contribution is 0.152. The molecule has 0 saturated carbocycles. The van der Waals surface area contributed by atoms with Crippen molar-refractivity contribution in [3.63, 3.8) is 0 Å². The largest absolute Gasteiger partial charge is 0.519 e. The van der Waals surface area contributed by atoms with E-state index >= 15 is 0 Å². The van der Waals surface area contributed by atoms with Crippen molar-refractivity contribution < 1.29 is 14.3 Å². The van der Waals surface area contributed by atoms with Crippen molar-refractivity contribution in [2.75, 3.05) is 0 Å². The van der Waals surface area contributed by atoms with Crippen LogP contribution in [0.25, 0.3) is 0 Å². The Balaban J connectivity index is 1.94. The van der Waals surface area contributed by atoms with Crippen molar-refractivity contribution in [2.45, 2.75) is 6.16 Å². The number of carbonyl (C=O) groups is 1. The summed E-state index contributed by atoms with van der Waals surface area (Å²) in [6.07, 6.45) is 0.134. The molecule has 3 nitrogen and oxygen atoms in total. The van der Waals surface area contributed by atoms with Gasteiger partial charge in [-0.25, -0.2) is 4.79 Å². The molecule has 0 aliphatic carbocycles. The van der Waals surface area contributed by atoms with Gasteiger partial charge in [0.05, 0.1) is 0 Å². The summed E-state index contributed by atoms with van der Waals surface area (Å²) >= 11 is 0. The summed E-state index contributed by atoms with van der Waals surface area (Å²) in [4.78, 5) is 11.5. The summed E-state index contributed by atoms with van der Waals surface area (Å²) in [7, 11) is 2.64. The van der Waals surface area contributed by atoms with Gasteiger partial charge in [-0.05, 0) is 36.0 Å². The lowest BCUT2D eigenvalue weighted by atomic mass is 10.2. The number of benzene rings is 2. The highest BCUT2D eigenvalue weighted by Gasteiger charge is 2.07. The van der Waals surface area contributed by atoms with Gasteiger partial charge in [0.1, 0.15) is 11.5 Å². The molecule has 0 bridgehead atoms. The number of rotatable bonds is 3. The normalized spacial score (nSPS) is 9.83. The fraction of sp³-hybridized carbons (Fsp3) is 0.0714. The average molecular weight is 260 g/mol. The second-order valence-electron chi connectivity index (χ2n) is 3.62. The predicted molar refractivity (Wildman–Crippen MR) is 73.0 cm³/mol. The highest BCUT2D eigenvalue weighted by molar-refractivity contribution is 7.15. The number of ether oxygens (including phenoxy) is 2. The zero-order valence-electron chi connectivity index (χ0n) is 9.71. The number of hydrogen-bond donors (Lipinski definition) is 0. The molecule has 0 amide bonds. The molecule has 18 heavy (non-hydrogen) atoms. The minimum atomic E-state index is -0.736. The summed E-state index contributed by atoms with van der Waals surface area (Å²) in [5.41, 5.74) is 1.16. The standard InChI is InChI=1S/C14H13O3P/c15-14(16-12-4-2-1-3-5-12)17-13-8-6-11(10-18)7-9-13/h1-9H,10,18H2. The first-order chi connectivity index (χ1) is 8.78. The third-order valence-electron chi connectivity index (χ3n) is 2.30. The highest BCUT2D eigenvalue weighted by Crippen LogP contribution is 2.16. The zero-order chi connectivity index (χ0) is 12.8. The van der Waals surface area contributed by atoms with Crippen LogP contribution in [0.4, 0.5) is 4.79 Å². The molecule has 92 valence electrons. The van der Waals surface area contributed by atoms with Gasteiger partial charge in [0.25, 0.3) is 0 Å². The van der Waals surface area contributed by atoms with E-state index in [0.717, 1.165) is 11.7 Å². The molecule has 4 heteroatoms. The fourth-order valence-electron chi connectivity index (χ4n) is 1.40. The van der Waals surface area contributed by atoms with Gasteiger partial charge in [0, 0.05) is 0 Å². The lowest BCUT2D eigenvalue weighted by Crippen LogP contribution is -2.13. The number of carbonyl (C=O) groups excluding carboxylic acids is 1. The van der Waals surface area contributed by atoms with E-state index in [2.05, 4.69) is 9.24 Å². The fourth-order valence-corrected chi connectivity index (χ4v) is 1.67. The van der Waals surface area contributed by atoms with E-state index < -0.39 is 6.16 Å². The van der Waals surface area contributed by atoms with Gasteiger partial charge in [0.2, 0.25) is 0 Å². The van der Waals surface area contributed by atoms with Crippen molar-refractivity contribution in [1.82, 2.24) is 0 Å². The lowest BCUT2D eigenvalue weighted by Gasteiger charge is -2.05. The van der Waals surface area contributed by atoms with Gasteiger partial charge < -0.3 is 9.47 Å². The Morgan fingerprint density at radius 2 is 1.44 bits per heavy atom. The van der Waals surface area contributed by atoms with Crippen LogP contribution in [0.2, 0.25) is 0 Å². The maximum Gasteiger partial charge on any atom is 0.519 e. The summed E-state index contributed by atoms with van der Waals surface area (Å²) in [6, 6.07) is 16.1. The first-order valence-corrected chi connectivity index (χ1v) is 6.33. The maximum absolute atomic E-state index is 11.5. The van der Waals surface area contributed by atoms with Gasteiger partial charge in [-0.1, -0.05) is 30.3 Å². The van der Waals surface area contributed by atoms with Crippen LogP contribution in [0.3, 0.4) is 0 Å². The molecule has 0 heterocycles. The summed E-state index contributed by atoms with van der Waals surface area (Å²) in [5.74, 6) is 0.933. The Kier molecular flexibility index (Phi) is 4.32. The molecule has 0 fully saturated rings. The Morgan fingerprint density at radius 1 is 0.889 bits per heavy atom. The zero-order valence-corrected chi connectivity index (χ0v) is 10.9. The molecular formula is C14H13O3P. The highest BCUT2D eigenvalue weighted by atomic mass is 31.0. The molecule has 1 unspecified atom stereocenters. The van der Waals surface area contributed by atoms with Crippen molar-refractivity contribution in [2.24, 2.45) is 0 Å². The van der Waals surface area contributed by atoms with E-state index in [1.807, 2.05) is 18.2 Å². The second kappa shape index (κ2) is 6.18. The van der Waals surface area contributed by atoms with E-state index in [4.69, 9.17) is 9.47 Å². The van der Waals surface area contributed by atoms with Gasteiger partial charge in [-0.15, -0.1) is 9.24 Å². The van der Waals surface area contributed by atoms with Crippen LogP contribution >= 0.6 is 9.24 Å². The Bertz CT molecular complexity index is 508. The SMILES string of the molecule is O=C(Oc1ccccc1)Oc1ccc(CP)cc1. The molecule has 0 aliphatic rings. The molecule has 0 aliphatic heterocycles. The Labute approximate surface area is 108 Å². The van der Waals surface area contributed by atoms with Crippen molar-refractivity contribution in [1.29, 1.82) is 0 Å². The van der Waals surface area contributed by atoms with Crippen molar-refractivity contribution in [3.8, 4) is 11.5 Å². The van der Waals surface area contributed by atoms with Crippen LogP contribution in [0.1, 0.15) is 5.56 Å². The van der Waals surface area contributed by atoms with Crippen LogP contribution in [0.5, 0.6) is 11.5 Å². The summed E-state index contributed by atoms with van der Waals surface area (Å²) in [5, 5.41) is 0. The molecule has 2 aromatic carbocycles. The van der Waals surface area contributed by atoms with Crippen LogP contribution in [0, 0.1) is 0 Å². The second-order valence-corrected chi connectivity index (χ2v) is 4.02. The number of hydrogen-bond acceptors (Lipinski definition) is 3. The summed E-state index contributed by atoms with van der Waals surface area (Å²) < 4.78 is 10.1. The topological polar surface area (TPSA) is 35.5 Å². The van der Waals surface area contributed by atoms with E-state index in [9.17, 15) is 4.79 Å². The third kappa shape index (κ3) is 3.57. The molecule has 0 spiro atoms. The van der Waals surface area contributed by atoms with Crippen LogP contribution in [-0.4, -0.2) is 6.16 Å².